The van der Waals surface area contributed by atoms with Crippen molar-refractivity contribution >= 4 is 35.1 Å². The number of hydrogen-bond donors (Lipinski definition) is 1. The van der Waals surface area contributed by atoms with Crippen molar-refractivity contribution in [1.82, 2.24) is 14.8 Å². The van der Waals surface area contributed by atoms with Gasteiger partial charge < -0.3 is 9.88 Å². The largest absolute Gasteiger partial charge is 0.325 e. The van der Waals surface area contributed by atoms with Crippen molar-refractivity contribution in [2.45, 2.75) is 43.1 Å². The number of para-hydroxylation sites is 1. The predicted molar refractivity (Wildman–Crippen MR) is 126 cm³/mol. The van der Waals surface area contributed by atoms with Crippen LogP contribution in [-0.4, -0.2) is 26.4 Å². The van der Waals surface area contributed by atoms with Crippen LogP contribution in [0, 0.1) is 20.8 Å². The Hall–Kier alpha value is -2.51. The maximum atomic E-state index is 12.5. The van der Waals surface area contributed by atoms with Gasteiger partial charge in [0.25, 0.3) is 0 Å². The van der Waals surface area contributed by atoms with Crippen LogP contribution < -0.4 is 5.32 Å². The highest BCUT2D eigenvalue weighted by molar-refractivity contribution is 7.99. The number of carbonyl (C=O) groups is 1. The third-order valence-electron chi connectivity index (χ3n) is 4.57. The lowest BCUT2D eigenvalue weighted by Crippen LogP contribution is -2.16. The molecule has 2 aromatic carbocycles. The minimum atomic E-state index is -0.0545. The molecule has 0 aliphatic rings. The van der Waals surface area contributed by atoms with E-state index in [9.17, 15) is 4.79 Å². The summed E-state index contributed by atoms with van der Waals surface area (Å²) in [5.41, 5.74) is 4.23. The number of aryl methyl sites for hydroxylation is 3. The van der Waals surface area contributed by atoms with Crippen molar-refractivity contribution in [2.75, 3.05) is 11.1 Å². The Kier molecular flexibility index (Phi) is 7.76. The van der Waals surface area contributed by atoms with Gasteiger partial charge in [0.15, 0.2) is 5.16 Å². The average Bonchev–Trinajstić information content (AvgIpc) is 3.11. The molecule has 1 aromatic heterocycles. The van der Waals surface area contributed by atoms with E-state index in [1.54, 1.807) is 11.8 Å². The molecular formula is C23H26N4OS2. The van der Waals surface area contributed by atoms with E-state index in [-0.39, 0.29) is 11.7 Å². The van der Waals surface area contributed by atoms with Crippen LogP contribution in [0.25, 0.3) is 0 Å². The Bertz CT molecular complexity index is 1010. The lowest BCUT2D eigenvalue weighted by atomic mass is 10.1. The normalized spacial score (nSPS) is 10.8. The lowest BCUT2D eigenvalue weighted by molar-refractivity contribution is -0.113. The number of carbonyl (C=O) groups excluding carboxylic acids is 1. The van der Waals surface area contributed by atoms with E-state index in [0.29, 0.717) is 12.3 Å². The first kappa shape index (κ1) is 22.2. The van der Waals surface area contributed by atoms with Crippen molar-refractivity contribution in [3.8, 4) is 0 Å². The molecule has 3 aromatic rings. The summed E-state index contributed by atoms with van der Waals surface area (Å²) in [7, 11) is 0. The van der Waals surface area contributed by atoms with Gasteiger partial charge in [-0.1, -0.05) is 53.7 Å². The van der Waals surface area contributed by atoms with Gasteiger partial charge in [0.2, 0.25) is 5.91 Å². The summed E-state index contributed by atoms with van der Waals surface area (Å²) in [6.45, 7) is 10.5. The first-order chi connectivity index (χ1) is 14.5. The summed E-state index contributed by atoms with van der Waals surface area (Å²) < 4.78 is 2.02. The second-order valence-corrected chi connectivity index (χ2v) is 8.99. The molecule has 0 saturated heterocycles. The molecule has 0 spiro atoms. The van der Waals surface area contributed by atoms with Crippen molar-refractivity contribution in [2.24, 2.45) is 0 Å². The fraction of sp³-hybridized carbons (Fsp3) is 0.261. The standard InChI is InChI=1S/C23H26N4OS2/c1-5-13-27-20(14-29-19-11-9-16(2)10-12-19)25-26-23(27)30-15-21(28)24-22-17(3)7-6-8-18(22)4/h5-12H,1,13-15H2,2-4H3,(H,24,28). The minimum Gasteiger partial charge on any atom is -0.325 e. The summed E-state index contributed by atoms with van der Waals surface area (Å²) in [6, 6.07) is 14.4. The summed E-state index contributed by atoms with van der Waals surface area (Å²) in [6.07, 6.45) is 1.82. The molecule has 0 aliphatic heterocycles. The molecular weight excluding hydrogens is 412 g/mol. The lowest BCUT2D eigenvalue weighted by Gasteiger charge is -2.11. The average molecular weight is 439 g/mol. The van der Waals surface area contributed by atoms with Crippen LogP contribution in [0.4, 0.5) is 5.69 Å². The number of aromatic nitrogens is 3. The van der Waals surface area contributed by atoms with Crippen molar-refractivity contribution in [3.63, 3.8) is 0 Å². The molecule has 30 heavy (non-hydrogen) atoms. The zero-order chi connectivity index (χ0) is 21.5. The van der Waals surface area contributed by atoms with E-state index in [0.717, 1.165) is 27.8 Å². The van der Waals surface area contributed by atoms with Crippen molar-refractivity contribution in [3.05, 3.63) is 77.6 Å². The molecule has 0 radical (unpaired) electrons. The summed E-state index contributed by atoms with van der Waals surface area (Å²) in [4.78, 5) is 13.7. The number of amides is 1. The molecule has 0 unspecified atom stereocenters. The molecule has 0 fully saturated rings. The SMILES string of the molecule is C=CCn1c(CSc2ccc(C)cc2)nnc1SCC(=O)Nc1c(C)cccc1C. The third kappa shape index (κ3) is 5.77. The molecule has 1 N–H and O–H groups in total. The Labute approximate surface area is 186 Å². The zero-order valence-corrected chi connectivity index (χ0v) is 19.1. The van der Waals surface area contributed by atoms with E-state index >= 15 is 0 Å². The maximum Gasteiger partial charge on any atom is 0.234 e. The highest BCUT2D eigenvalue weighted by Crippen LogP contribution is 2.25. The number of nitrogens with zero attached hydrogens (tertiary/aromatic N) is 3. The molecule has 1 heterocycles. The van der Waals surface area contributed by atoms with Crippen LogP contribution in [-0.2, 0) is 17.1 Å². The van der Waals surface area contributed by atoms with Crippen molar-refractivity contribution < 1.29 is 4.79 Å². The monoisotopic (exact) mass is 438 g/mol. The molecule has 3 rings (SSSR count). The smallest absolute Gasteiger partial charge is 0.234 e. The van der Waals surface area contributed by atoms with E-state index in [1.165, 1.54) is 22.2 Å². The van der Waals surface area contributed by atoms with Gasteiger partial charge in [-0.25, -0.2) is 0 Å². The highest BCUT2D eigenvalue weighted by atomic mass is 32.2. The van der Waals surface area contributed by atoms with Crippen LogP contribution in [0.15, 0.2) is 65.2 Å². The molecule has 0 aliphatic carbocycles. The van der Waals surface area contributed by atoms with Gasteiger partial charge in [0.1, 0.15) is 5.82 Å². The third-order valence-corrected chi connectivity index (χ3v) is 6.55. The maximum absolute atomic E-state index is 12.5. The summed E-state index contributed by atoms with van der Waals surface area (Å²) in [5, 5.41) is 12.4. The Morgan fingerprint density at radius 1 is 1.07 bits per heavy atom. The van der Waals surface area contributed by atoms with Gasteiger partial charge in [0, 0.05) is 17.1 Å². The Balaban J connectivity index is 1.63. The fourth-order valence-corrected chi connectivity index (χ4v) is 4.55. The summed E-state index contributed by atoms with van der Waals surface area (Å²) in [5.74, 6) is 1.80. The first-order valence-corrected chi connectivity index (χ1v) is 11.7. The van der Waals surface area contributed by atoms with Gasteiger partial charge in [-0.05, 0) is 44.0 Å². The zero-order valence-electron chi connectivity index (χ0n) is 17.5. The quantitative estimate of drug-likeness (QED) is 0.357. The molecule has 156 valence electrons. The van der Waals surface area contributed by atoms with E-state index in [4.69, 9.17) is 0 Å². The summed E-state index contributed by atoms with van der Waals surface area (Å²) >= 11 is 3.11. The van der Waals surface area contributed by atoms with Gasteiger partial charge >= 0.3 is 0 Å². The second-order valence-electron chi connectivity index (χ2n) is 7.00. The molecule has 0 bridgehead atoms. The minimum absolute atomic E-state index is 0.0545. The van der Waals surface area contributed by atoms with Gasteiger partial charge in [-0.3, -0.25) is 4.79 Å². The van der Waals surface area contributed by atoms with E-state index in [2.05, 4.69) is 53.3 Å². The van der Waals surface area contributed by atoms with Gasteiger partial charge in [0.05, 0.1) is 11.5 Å². The number of benzene rings is 2. The van der Waals surface area contributed by atoms with Crippen molar-refractivity contribution in [1.29, 1.82) is 0 Å². The van der Waals surface area contributed by atoms with E-state index < -0.39 is 0 Å². The molecule has 0 atom stereocenters. The molecule has 7 heteroatoms. The highest BCUT2D eigenvalue weighted by Gasteiger charge is 2.15. The van der Waals surface area contributed by atoms with Gasteiger partial charge in [-0.15, -0.1) is 28.5 Å². The molecule has 0 saturated carbocycles. The number of allylic oxidation sites excluding steroid dienone is 1. The Morgan fingerprint density at radius 2 is 1.77 bits per heavy atom. The van der Waals surface area contributed by atoms with Crippen LogP contribution in [0.2, 0.25) is 0 Å². The van der Waals surface area contributed by atoms with Crippen LogP contribution in [0.1, 0.15) is 22.5 Å². The van der Waals surface area contributed by atoms with E-state index in [1.807, 2.05) is 42.7 Å². The predicted octanol–water partition coefficient (Wildman–Crippen LogP) is 5.41. The number of thioether (sulfide) groups is 2. The number of nitrogens with one attached hydrogen (secondary N) is 1. The molecule has 5 nitrogen and oxygen atoms in total. The first-order valence-electron chi connectivity index (χ1n) is 9.69. The number of anilines is 1. The van der Waals surface area contributed by atoms with Crippen LogP contribution >= 0.6 is 23.5 Å². The molecule has 1 amide bonds. The Morgan fingerprint density at radius 3 is 2.43 bits per heavy atom. The van der Waals surface area contributed by atoms with Gasteiger partial charge in [-0.2, -0.15) is 0 Å². The van der Waals surface area contributed by atoms with Crippen LogP contribution in [0.3, 0.4) is 0 Å². The van der Waals surface area contributed by atoms with Crippen LogP contribution in [0.5, 0.6) is 0 Å². The topological polar surface area (TPSA) is 59.8 Å². The number of hydrogen-bond acceptors (Lipinski definition) is 5. The fourth-order valence-electron chi connectivity index (χ4n) is 2.94. The number of rotatable bonds is 9. The second kappa shape index (κ2) is 10.5.